The zero-order valence-electron chi connectivity index (χ0n) is 35.6. The van der Waals surface area contributed by atoms with Crippen LogP contribution in [0.1, 0.15) is 286 Å². The Morgan fingerprint density at radius 2 is 0.429 bits per heavy atom. The molecule has 0 spiro atoms. The van der Waals surface area contributed by atoms with Crippen LogP contribution in [-0.4, -0.2) is 12.2 Å². The lowest BCUT2D eigenvalue weighted by atomic mass is 9.90. The minimum atomic E-state index is 0.471. The van der Waals surface area contributed by atoms with E-state index in [9.17, 15) is 0 Å². The van der Waals surface area contributed by atoms with E-state index in [1.807, 2.05) is 0 Å². The fourth-order valence-corrected chi connectivity index (χ4v) is 8.08. The zero-order valence-corrected chi connectivity index (χ0v) is 35.6. The summed E-state index contributed by atoms with van der Waals surface area (Å²) < 4.78 is 7.35. The van der Waals surface area contributed by atoms with Crippen LogP contribution in [-0.2, 0) is 4.74 Å². The molecule has 0 saturated carbocycles. The summed E-state index contributed by atoms with van der Waals surface area (Å²) in [6, 6.07) is 0. The second-order valence-electron chi connectivity index (χ2n) is 16.9. The first-order valence-corrected chi connectivity index (χ1v) is 23.8. The number of hydrogen-bond acceptors (Lipinski definition) is 1. The van der Waals surface area contributed by atoms with Crippen molar-refractivity contribution in [3.05, 3.63) is 0 Å². The summed E-state index contributed by atoms with van der Waals surface area (Å²) in [7, 11) is 0. The van der Waals surface area contributed by atoms with Gasteiger partial charge in [0, 0.05) is 0 Å². The molecule has 0 aromatic rings. The minimum Gasteiger partial charge on any atom is -0.374 e. The van der Waals surface area contributed by atoms with Crippen molar-refractivity contribution < 1.29 is 4.74 Å². The molecule has 0 aliphatic carbocycles. The van der Waals surface area contributed by atoms with E-state index < -0.39 is 0 Å². The smallest absolute Gasteiger partial charge is 0.0604 e. The van der Waals surface area contributed by atoms with Crippen LogP contribution in [0.4, 0.5) is 0 Å². The van der Waals surface area contributed by atoms with Crippen molar-refractivity contribution in [2.45, 2.75) is 298 Å². The van der Waals surface area contributed by atoms with Crippen molar-refractivity contribution in [2.24, 2.45) is 11.8 Å². The van der Waals surface area contributed by atoms with E-state index in [0.29, 0.717) is 24.0 Å². The molecule has 0 N–H and O–H groups in total. The Hall–Kier alpha value is -0.0400. The summed E-state index contributed by atoms with van der Waals surface area (Å²) in [5.41, 5.74) is 0. The fraction of sp³-hybridized carbons (Fsp3) is 1.00. The summed E-state index contributed by atoms with van der Waals surface area (Å²) in [5, 5.41) is 0. The predicted octanol–water partition coefficient (Wildman–Crippen LogP) is 17.9. The van der Waals surface area contributed by atoms with Crippen LogP contribution in [0.2, 0.25) is 0 Å². The third kappa shape index (κ3) is 34.8. The van der Waals surface area contributed by atoms with Gasteiger partial charge < -0.3 is 4.74 Å². The molecule has 49 heavy (non-hydrogen) atoms. The molecule has 0 amide bonds. The maximum absolute atomic E-state index is 7.35. The second-order valence-corrected chi connectivity index (χ2v) is 16.9. The molecule has 0 rings (SSSR count). The molecule has 1 heteroatoms. The van der Waals surface area contributed by atoms with Gasteiger partial charge in [0.25, 0.3) is 0 Å². The maximum Gasteiger partial charge on any atom is 0.0604 e. The maximum atomic E-state index is 7.35. The van der Waals surface area contributed by atoms with E-state index in [4.69, 9.17) is 4.74 Å². The van der Waals surface area contributed by atoms with E-state index in [1.165, 1.54) is 244 Å². The van der Waals surface area contributed by atoms with Crippen LogP contribution in [0.15, 0.2) is 0 Å². The number of unbranched alkanes of at least 4 members (excludes halogenated alkanes) is 30. The van der Waals surface area contributed by atoms with Crippen LogP contribution in [0, 0.1) is 11.8 Å². The van der Waals surface area contributed by atoms with Gasteiger partial charge in [-0.15, -0.1) is 0 Å². The largest absolute Gasteiger partial charge is 0.374 e. The summed E-state index contributed by atoms with van der Waals surface area (Å²) in [6.45, 7) is 14.4. The lowest BCUT2D eigenvalue weighted by molar-refractivity contribution is -0.0745. The fourth-order valence-electron chi connectivity index (χ4n) is 8.08. The van der Waals surface area contributed by atoms with Crippen molar-refractivity contribution in [3.63, 3.8) is 0 Å². The van der Waals surface area contributed by atoms with Gasteiger partial charge >= 0.3 is 0 Å². The Labute approximate surface area is 313 Å². The molecule has 0 aromatic heterocycles. The Bertz CT molecular complexity index is 536. The molecule has 1 nitrogen and oxygen atoms in total. The van der Waals surface area contributed by atoms with Gasteiger partial charge in [0.15, 0.2) is 0 Å². The molecule has 0 fully saturated rings. The molecule has 0 bridgehead atoms. The monoisotopic (exact) mass is 691 g/mol. The first kappa shape index (κ1) is 49.0. The summed E-state index contributed by atoms with van der Waals surface area (Å²) in [6.07, 6.45) is 54.7. The third-order valence-electron chi connectivity index (χ3n) is 11.8. The van der Waals surface area contributed by atoms with Crippen LogP contribution < -0.4 is 0 Å². The Morgan fingerprint density at radius 3 is 0.653 bits per heavy atom. The second kappa shape index (κ2) is 40.7. The molecule has 4 unspecified atom stereocenters. The van der Waals surface area contributed by atoms with Gasteiger partial charge in [-0.2, -0.15) is 0 Å². The molecule has 0 aliphatic rings. The highest BCUT2D eigenvalue weighted by molar-refractivity contribution is 4.74. The first-order valence-electron chi connectivity index (χ1n) is 23.8. The molecular formula is C48H98O. The summed E-state index contributed by atoms with van der Waals surface area (Å²) in [5.74, 6) is 1.41. The number of hydrogen-bond donors (Lipinski definition) is 0. The van der Waals surface area contributed by atoms with Crippen molar-refractivity contribution >= 4 is 0 Å². The highest BCUT2D eigenvalue weighted by atomic mass is 16.5. The zero-order chi connectivity index (χ0) is 35.9. The van der Waals surface area contributed by atoms with E-state index in [0.717, 1.165) is 0 Å². The molecule has 296 valence electrons. The normalized spacial score (nSPS) is 14.3. The van der Waals surface area contributed by atoms with Crippen molar-refractivity contribution in [1.29, 1.82) is 0 Å². The van der Waals surface area contributed by atoms with Crippen LogP contribution in [0.25, 0.3) is 0 Å². The third-order valence-corrected chi connectivity index (χ3v) is 11.8. The molecule has 0 heterocycles. The summed E-state index contributed by atoms with van der Waals surface area (Å²) in [4.78, 5) is 0. The van der Waals surface area contributed by atoms with Gasteiger partial charge in [0.05, 0.1) is 12.2 Å². The van der Waals surface area contributed by atoms with E-state index in [-0.39, 0.29) is 0 Å². The van der Waals surface area contributed by atoms with Gasteiger partial charge in [-0.1, -0.05) is 260 Å². The highest BCUT2D eigenvalue weighted by Crippen LogP contribution is 2.29. The van der Waals surface area contributed by atoms with E-state index in [1.54, 1.807) is 0 Å². The van der Waals surface area contributed by atoms with Gasteiger partial charge in [-0.05, 0) is 37.5 Å². The molecule has 4 atom stereocenters. The summed E-state index contributed by atoms with van der Waals surface area (Å²) >= 11 is 0. The predicted molar refractivity (Wildman–Crippen MR) is 225 cm³/mol. The minimum absolute atomic E-state index is 0.471. The average Bonchev–Trinajstić information content (AvgIpc) is 3.10. The van der Waals surface area contributed by atoms with Gasteiger partial charge in [0.1, 0.15) is 0 Å². The molecule has 0 aromatic carbocycles. The van der Waals surface area contributed by atoms with Crippen molar-refractivity contribution in [1.82, 2.24) is 0 Å². The molecule has 0 radical (unpaired) electrons. The quantitative estimate of drug-likeness (QED) is 0.0579. The molecule has 0 aliphatic heterocycles. The van der Waals surface area contributed by atoms with Crippen molar-refractivity contribution in [2.75, 3.05) is 0 Å². The lowest BCUT2D eigenvalue weighted by Gasteiger charge is -2.33. The molecular weight excluding hydrogens is 593 g/mol. The van der Waals surface area contributed by atoms with Gasteiger partial charge in [-0.3, -0.25) is 0 Å². The average molecular weight is 691 g/mol. The first-order chi connectivity index (χ1) is 24.1. The standard InChI is InChI=1S/C48H98O/c1-7-11-15-19-23-25-27-29-31-35-39-43-47(45(5)41-37-33-21-17-13-9-3)49-48(46(6)42-38-34-22-18-14-10-4)44-40-36-32-30-28-26-24-20-16-12-8-2/h45-48H,7-44H2,1-6H3. The number of rotatable bonds is 42. The lowest BCUT2D eigenvalue weighted by Crippen LogP contribution is -2.32. The highest BCUT2D eigenvalue weighted by Gasteiger charge is 2.25. The van der Waals surface area contributed by atoms with Gasteiger partial charge in [-0.25, -0.2) is 0 Å². The van der Waals surface area contributed by atoms with E-state index in [2.05, 4.69) is 41.5 Å². The Balaban J connectivity index is 4.95. The van der Waals surface area contributed by atoms with Crippen LogP contribution >= 0.6 is 0 Å². The van der Waals surface area contributed by atoms with Crippen molar-refractivity contribution in [3.8, 4) is 0 Å². The Morgan fingerprint density at radius 1 is 0.245 bits per heavy atom. The van der Waals surface area contributed by atoms with Crippen LogP contribution in [0.5, 0.6) is 0 Å². The van der Waals surface area contributed by atoms with E-state index >= 15 is 0 Å². The SMILES string of the molecule is CCCCCCCCCCCCCC(OC(CCCCCCCCCCCCC)C(C)CCCCCCCC)C(C)CCCCCCCC. The topological polar surface area (TPSA) is 9.23 Å². The van der Waals surface area contributed by atoms with Crippen LogP contribution in [0.3, 0.4) is 0 Å². The number of ether oxygens (including phenoxy) is 1. The Kier molecular flexibility index (Phi) is 40.7. The molecule has 0 saturated heterocycles. The van der Waals surface area contributed by atoms with Gasteiger partial charge in [0.2, 0.25) is 0 Å².